The Morgan fingerprint density at radius 3 is 2.55 bits per heavy atom. The van der Waals surface area contributed by atoms with E-state index in [0.29, 0.717) is 11.3 Å². The second-order valence-corrected chi connectivity index (χ2v) is 4.95. The van der Waals surface area contributed by atoms with Crippen molar-refractivity contribution < 1.29 is 9.59 Å². The van der Waals surface area contributed by atoms with Crippen molar-refractivity contribution in [3.05, 3.63) is 52.2 Å². The van der Waals surface area contributed by atoms with Crippen LogP contribution in [0.5, 0.6) is 0 Å². The largest absolute Gasteiger partial charge is 0.326 e. The van der Waals surface area contributed by atoms with E-state index in [0.717, 1.165) is 4.88 Å². The van der Waals surface area contributed by atoms with Gasteiger partial charge >= 0.3 is 0 Å². The Kier molecular flexibility index (Phi) is 4.62. The lowest BCUT2D eigenvalue weighted by Gasteiger charge is -2.03. The quantitative estimate of drug-likeness (QED) is 0.670. The number of anilines is 1. The molecule has 0 saturated heterocycles. The first-order valence-electron chi connectivity index (χ1n) is 5.90. The predicted octanol–water partition coefficient (Wildman–Crippen LogP) is 2.47. The molecule has 0 atom stereocenters. The number of amides is 2. The van der Waals surface area contributed by atoms with E-state index < -0.39 is 0 Å². The first-order valence-corrected chi connectivity index (χ1v) is 6.77. The Balaban J connectivity index is 1.93. The van der Waals surface area contributed by atoms with Crippen LogP contribution < -0.4 is 10.7 Å². The minimum Gasteiger partial charge on any atom is -0.326 e. The summed E-state index contributed by atoms with van der Waals surface area (Å²) in [4.78, 5) is 23.6. The lowest BCUT2D eigenvalue weighted by molar-refractivity contribution is -0.114. The van der Waals surface area contributed by atoms with Crippen LogP contribution in [0.3, 0.4) is 0 Å². The molecule has 0 fully saturated rings. The van der Waals surface area contributed by atoms with Crippen molar-refractivity contribution in [3.8, 4) is 0 Å². The van der Waals surface area contributed by atoms with Gasteiger partial charge in [0.05, 0.1) is 6.21 Å². The monoisotopic (exact) mass is 287 g/mol. The van der Waals surface area contributed by atoms with Crippen LogP contribution in [0.15, 0.2) is 46.9 Å². The van der Waals surface area contributed by atoms with Gasteiger partial charge in [0.15, 0.2) is 0 Å². The van der Waals surface area contributed by atoms with E-state index in [-0.39, 0.29) is 11.8 Å². The fourth-order valence-corrected chi connectivity index (χ4v) is 2.08. The molecule has 0 aliphatic heterocycles. The van der Waals surface area contributed by atoms with Crippen LogP contribution in [0.25, 0.3) is 0 Å². The molecule has 0 aliphatic rings. The van der Waals surface area contributed by atoms with E-state index in [1.807, 2.05) is 17.5 Å². The summed E-state index contributed by atoms with van der Waals surface area (Å²) >= 11 is 1.54. The highest BCUT2D eigenvalue weighted by atomic mass is 32.1. The molecule has 2 aromatic rings. The Labute approximate surface area is 120 Å². The van der Waals surface area contributed by atoms with Crippen LogP contribution in [0.4, 0.5) is 5.69 Å². The molecule has 0 aliphatic carbocycles. The Morgan fingerprint density at radius 2 is 1.95 bits per heavy atom. The summed E-state index contributed by atoms with van der Waals surface area (Å²) in [5.74, 6) is -0.449. The van der Waals surface area contributed by atoms with Crippen molar-refractivity contribution in [2.75, 3.05) is 5.32 Å². The number of thiophene rings is 1. The minimum atomic E-state index is -0.299. The molecule has 0 saturated carbocycles. The van der Waals surface area contributed by atoms with Gasteiger partial charge in [-0.05, 0) is 35.7 Å². The molecule has 1 aromatic carbocycles. The summed E-state index contributed by atoms with van der Waals surface area (Å²) in [5.41, 5.74) is 3.57. The van der Waals surface area contributed by atoms with Gasteiger partial charge in [-0.2, -0.15) is 5.10 Å². The number of hydrogen-bond donors (Lipinski definition) is 2. The van der Waals surface area contributed by atoms with E-state index >= 15 is 0 Å². The van der Waals surface area contributed by atoms with Crippen molar-refractivity contribution in [3.63, 3.8) is 0 Å². The van der Waals surface area contributed by atoms with E-state index in [9.17, 15) is 9.59 Å². The second kappa shape index (κ2) is 6.63. The van der Waals surface area contributed by atoms with Crippen molar-refractivity contribution in [1.29, 1.82) is 0 Å². The molecule has 6 heteroatoms. The average molecular weight is 287 g/mol. The lowest BCUT2D eigenvalue weighted by Crippen LogP contribution is -2.17. The van der Waals surface area contributed by atoms with Crippen molar-refractivity contribution in [1.82, 2.24) is 5.43 Å². The van der Waals surface area contributed by atoms with Crippen molar-refractivity contribution >= 4 is 35.1 Å². The zero-order valence-corrected chi connectivity index (χ0v) is 11.6. The molecule has 0 spiro atoms. The zero-order chi connectivity index (χ0) is 14.4. The highest BCUT2D eigenvalue weighted by Gasteiger charge is 2.04. The predicted molar refractivity (Wildman–Crippen MR) is 80.1 cm³/mol. The van der Waals surface area contributed by atoms with Crippen molar-refractivity contribution in [2.24, 2.45) is 5.10 Å². The van der Waals surface area contributed by atoms with Gasteiger partial charge in [-0.15, -0.1) is 11.3 Å². The van der Waals surface area contributed by atoms with E-state index in [1.54, 1.807) is 30.5 Å². The SMILES string of the molecule is CC(=O)Nc1ccc(C(=O)N/N=C\c2cccs2)cc1. The fraction of sp³-hybridized carbons (Fsp3) is 0.0714. The van der Waals surface area contributed by atoms with Gasteiger partial charge in [0.2, 0.25) is 5.91 Å². The van der Waals surface area contributed by atoms with Crippen LogP contribution in [0, 0.1) is 0 Å². The highest BCUT2D eigenvalue weighted by molar-refractivity contribution is 7.11. The molecule has 2 amide bonds. The number of nitrogens with zero attached hydrogens (tertiary/aromatic N) is 1. The number of hydrogen-bond acceptors (Lipinski definition) is 4. The zero-order valence-electron chi connectivity index (χ0n) is 10.8. The molecule has 2 N–H and O–H groups in total. The molecule has 2 rings (SSSR count). The Bertz CT molecular complexity index is 618. The molecular weight excluding hydrogens is 274 g/mol. The molecule has 0 bridgehead atoms. The van der Waals surface area contributed by atoms with Gasteiger partial charge < -0.3 is 5.32 Å². The van der Waals surface area contributed by atoms with Crippen LogP contribution in [0.2, 0.25) is 0 Å². The van der Waals surface area contributed by atoms with E-state index in [2.05, 4.69) is 15.8 Å². The molecule has 0 unspecified atom stereocenters. The van der Waals surface area contributed by atoms with Crippen molar-refractivity contribution in [2.45, 2.75) is 6.92 Å². The third-order valence-corrected chi connectivity index (χ3v) is 3.18. The van der Waals surface area contributed by atoms with Gasteiger partial charge in [-0.3, -0.25) is 9.59 Å². The summed E-state index contributed by atoms with van der Waals surface area (Å²) in [6.07, 6.45) is 1.59. The van der Waals surface area contributed by atoms with Gasteiger partial charge in [0, 0.05) is 23.1 Å². The minimum absolute atomic E-state index is 0.150. The van der Waals surface area contributed by atoms with Gasteiger partial charge in [-0.25, -0.2) is 5.43 Å². The molecule has 1 aromatic heterocycles. The van der Waals surface area contributed by atoms with Crippen LogP contribution >= 0.6 is 11.3 Å². The maximum absolute atomic E-state index is 11.8. The number of carbonyl (C=O) groups is 2. The first-order chi connectivity index (χ1) is 9.65. The number of benzene rings is 1. The summed E-state index contributed by atoms with van der Waals surface area (Å²) in [5, 5.41) is 8.45. The fourth-order valence-electron chi connectivity index (χ4n) is 1.49. The molecule has 1 heterocycles. The summed E-state index contributed by atoms with van der Waals surface area (Å²) in [7, 11) is 0. The van der Waals surface area contributed by atoms with Gasteiger partial charge in [0.25, 0.3) is 5.91 Å². The summed E-state index contributed by atoms with van der Waals surface area (Å²) in [6, 6.07) is 10.4. The van der Waals surface area contributed by atoms with Gasteiger partial charge in [-0.1, -0.05) is 6.07 Å². The summed E-state index contributed by atoms with van der Waals surface area (Å²) < 4.78 is 0. The number of rotatable bonds is 4. The topological polar surface area (TPSA) is 70.6 Å². The van der Waals surface area contributed by atoms with E-state index in [1.165, 1.54) is 18.3 Å². The highest BCUT2D eigenvalue weighted by Crippen LogP contribution is 2.09. The smallest absolute Gasteiger partial charge is 0.271 e. The first kappa shape index (κ1) is 14.0. The lowest BCUT2D eigenvalue weighted by atomic mass is 10.2. The van der Waals surface area contributed by atoms with Crippen LogP contribution in [-0.4, -0.2) is 18.0 Å². The number of hydrazone groups is 1. The molecular formula is C14H13N3O2S. The average Bonchev–Trinajstić information content (AvgIpc) is 2.92. The number of carbonyl (C=O) groups excluding carboxylic acids is 2. The summed E-state index contributed by atoms with van der Waals surface area (Å²) in [6.45, 7) is 1.43. The third-order valence-electron chi connectivity index (χ3n) is 2.37. The second-order valence-electron chi connectivity index (χ2n) is 3.97. The molecule has 5 nitrogen and oxygen atoms in total. The Hall–Kier alpha value is -2.47. The van der Waals surface area contributed by atoms with Gasteiger partial charge in [0.1, 0.15) is 0 Å². The van der Waals surface area contributed by atoms with Crippen LogP contribution in [0.1, 0.15) is 22.2 Å². The third kappa shape index (κ3) is 4.03. The van der Waals surface area contributed by atoms with Crippen LogP contribution in [-0.2, 0) is 4.79 Å². The normalized spacial score (nSPS) is 10.4. The molecule has 102 valence electrons. The standard InChI is InChI=1S/C14H13N3O2S/c1-10(18)16-12-6-4-11(5-7-12)14(19)17-15-9-13-3-2-8-20-13/h2-9H,1H3,(H,16,18)(H,17,19)/b15-9-. The maximum atomic E-state index is 11.8. The Morgan fingerprint density at radius 1 is 1.20 bits per heavy atom. The maximum Gasteiger partial charge on any atom is 0.271 e. The number of nitrogens with one attached hydrogen (secondary N) is 2. The molecule has 0 radical (unpaired) electrons. The molecule has 20 heavy (non-hydrogen) atoms. The van der Waals surface area contributed by atoms with E-state index in [4.69, 9.17) is 0 Å².